The molecule has 0 aliphatic rings. The van der Waals surface area contributed by atoms with Gasteiger partial charge in [0, 0.05) is 23.3 Å². The molecule has 0 saturated heterocycles. The molecule has 3 aromatic rings. The maximum Gasteiger partial charge on any atom is 0.313 e. The van der Waals surface area contributed by atoms with Gasteiger partial charge in [0.05, 0.1) is 17.9 Å². The van der Waals surface area contributed by atoms with Gasteiger partial charge in [-0.15, -0.1) is 0 Å². The molecule has 0 fully saturated rings. The topological polar surface area (TPSA) is 86.9 Å². The van der Waals surface area contributed by atoms with E-state index in [1.54, 1.807) is 36.7 Å². The lowest BCUT2D eigenvalue weighted by atomic mass is 10.2. The van der Waals surface area contributed by atoms with Crippen molar-refractivity contribution in [2.45, 2.75) is 6.54 Å². The van der Waals surface area contributed by atoms with Crippen molar-refractivity contribution in [3.8, 4) is 0 Å². The first-order chi connectivity index (χ1) is 10.7. The van der Waals surface area contributed by atoms with Crippen molar-refractivity contribution in [2.75, 3.05) is 5.32 Å². The van der Waals surface area contributed by atoms with Gasteiger partial charge in [0.15, 0.2) is 0 Å². The van der Waals surface area contributed by atoms with E-state index in [-0.39, 0.29) is 6.54 Å². The van der Waals surface area contributed by atoms with Gasteiger partial charge in [-0.05, 0) is 30.3 Å². The third kappa shape index (κ3) is 2.95. The lowest BCUT2D eigenvalue weighted by Gasteiger charge is -2.07. The fourth-order valence-electron chi connectivity index (χ4n) is 2.13. The van der Waals surface area contributed by atoms with Gasteiger partial charge in [0.1, 0.15) is 0 Å². The summed E-state index contributed by atoms with van der Waals surface area (Å²) in [5.41, 5.74) is 2.18. The van der Waals surface area contributed by atoms with Crippen LogP contribution in [0.2, 0.25) is 0 Å². The number of rotatable bonds is 3. The predicted octanol–water partition coefficient (Wildman–Crippen LogP) is 1.82. The van der Waals surface area contributed by atoms with Gasteiger partial charge < -0.3 is 15.6 Å². The number of carbonyl (C=O) groups is 2. The van der Waals surface area contributed by atoms with Gasteiger partial charge in [-0.2, -0.15) is 0 Å². The number of aromatic nitrogens is 2. The van der Waals surface area contributed by atoms with Crippen LogP contribution in [0, 0.1) is 0 Å². The van der Waals surface area contributed by atoms with Crippen molar-refractivity contribution in [1.82, 2.24) is 15.3 Å². The van der Waals surface area contributed by atoms with Crippen LogP contribution >= 0.6 is 0 Å². The van der Waals surface area contributed by atoms with Crippen molar-refractivity contribution >= 4 is 28.4 Å². The van der Waals surface area contributed by atoms with Gasteiger partial charge in [-0.25, -0.2) is 0 Å². The third-order valence-electron chi connectivity index (χ3n) is 3.21. The van der Waals surface area contributed by atoms with Gasteiger partial charge in [0.2, 0.25) is 0 Å². The number of benzene rings is 1. The Labute approximate surface area is 126 Å². The van der Waals surface area contributed by atoms with Crippen molar-refractivity contribution in [2.24, 2.45) is 0 Å². The van der Waals surface area contributed by atoms with Crippen LogP contribution in [0.5, 0.6) is 0 Å². The van der Waals surface area contributed by atoms with E-state index in [4.69, 9.17) is 0 Å². The molecule has 6 heteroatoms. The van der Waals surface area contributed by atoms with Gasteiger partial charge in [0.25, 0.3) is 0 Å². The maximum atomic E-state index is 11.9. The molecule has 6 nitrogen and oxygen atoms in total. The molecular weight excluding hydrogens is 280 g/mol. The maximum absolute atomic E-state index is 11.9. The van der Waals surface area contributed by atoms with Crippen LogP contribution < -0.4 is 10.6 Å². The molecule has 3 rings (SSSR count). The Balaban J connectivity index is 1.64. The predicted molar refractivity (Wildman–Crippen MR) is 83.0 cm³/mol. The molecule has 0 unspecified atom stereocenters. The molecule has 0 aliphatic carbocycles. The fraction of sp³-hybridized carbons (Fsp3) is 0.0625. The summed E-state index contributed by atoms with van der Waals surface area (Å²) in [6.07, 6.45) is 3.41. The number of H-pyrrole nitrogens is 1. The monoisotopic (exact) mass is 294 g/mol. The average Bonchev–Trinajstić information content (AvgIpc) is 3.03. The van der Waals surface area contributed by atoms with Gasteiger partial charge >= 0.3 is 11.8 Å². The van der Waals surface area contributed by atoms with Crippen molar-refractivity contribution in [1.29, 1.82) is 0 Å². The smallest absolute Gasteiger partial charge is 0.313 e. The van der Waals surface area contributed by atoms with E-state index in [2.05, 4.69) is 20.6 Å². The molecule has 0 radical (unpaired) electrons. The van der Waals surface area contributed by atoms with Crippen LogP contribution in [0.1, 0.15) is 5.69 Å². The number of amides is 2. The zero-order valence-electron chi connectivity index (χ0n) is 11.7. The summed E-state index contributed by atoms with van der Waals surface area (Å²) < 4.78 is 0. The summed E-state index contributed by atoms with van der Waals surface area (Å²) in [7, 11) is 0. The highest BCUT2D eigenvalue weighted by atomic mass is 16.2. The third-order valence-corrected chi connectivity index (χ3v) is 3.21. The summed E-state index contributed by atoms with van der Waals surface area (Å²) in [5.74, 6) is -1.40. The second kappa shape index (κ2) is 6.09. The SMILES string of the molecule is O=C(NCc1ccccn1)C(=O)Nc1cccc2[nH]ccc12. The van der Waals surface area contributed by atoms with Gasteiger partial charge in [-0.3, -0.25) is 14.6 Å². The number of nitrogens with one attached hydrogen (secondary N) is 3. The normalized spacial score (nSPS) is 10.4. The molecule has 0 spiro atoms. The first kappa shape index (κ1) is 13.8. The van der Waals surface area contributed by atoms with Crippen LogP contribution in [0.4, 0.5) is 5.69 Å². The Morgan fingerprint density at radius 2 is 1.95 bits per heavy atom. The Morgan fingerprint density at radius 3 is 2.77 bits per heavy atom. The van der Waals surface area contributed by atoms with Crippen molar-refractivity contribution in [3.05, 3.63) is 60.6 Å². The highest BCUT2D eigenvalue weighted by Gasteiger charge is 2.14. The molecule has 0 saturated carbocycles. The average molecular weight is 294 g/mol. The number of anilines is 1. The Kier molecular flexibility index (Phi) is 3.82. The second-order valence-electron chi connectivity index (χ2n) is 4.70. The van der Waals surface area contributed by atoms with Crippen molar-refractivity contribution < 1.29 is 9.59 Å². The number of pyridine rings is 1. The van der Waals surface area contributed by atoms with Crippen molar-refractivity contribution in [3.63, 3.8) is 0 Å². The van der Waals surface area contributed by atoms with E-state index in [1.165, 1.54) is 0 Å². The zero-order valence-corrected chi connectivity index (χ0v) is 11.7. The fourth-order valence-corrected chi connectivity index (χ4v) is 2.13. The summed E-state index contributed by atoms with van der Waals surface area (Å²) >= 11 is 0. The molecule has 2 aromatic heterocycles. The van der Waals surface area contributed by atoms with E-state index in [1.807, 2.05) is 18.2 Å². The van der Waals surface area contributed by atoms with Crippen LogP contribution in [-0.2, 0) is 16.1 Å². The Bertz CT molecular complexity index is 811. The van der Waals surface area contributed by atoms with Crippen LogP contribution in [0.15, 0.2) is 54.9 Å². The molecular formula is C16H14N4O2. The summed E-state index contributed by atoms with van der Waals surface area (Å²) in [5, 5.41) is 6.01. The van der Waals surface area contributed by atoms with Gasteiger partial charge in [-0.1, -0.05) is 12.1 Å². The molecule has 3 N–H and O–H groups in total. The van der Waals surface area contributed by atoms with E-state index in [0.29, 0.717) is 11.4 Å². The number of fused-ring (bicyclic) bond motifs is 1. The summed E-state index contributed by atoms with van der Waals surface area (Å²) in [4.78, 5) is 30.9. The highest BCUT2D eigenvalue weighted by molar-refractivity contribution is 6.40. The van der Waals surface area contributed by atoms with Crippen LogP contribution in [0.25, 0.3) is 10.9 Å². The molecule has 1 aromatic carbocycles. The number of aromatic amines is 1. The molecule has 22 heavy (non-hydrogen) atoms. The highest BCUT2D eigenvalue weighted by Crippen LogP contribution is 2.21. The van der Waals surface area contributed by atoms with Crippen LogP contribution in [0.3, 0.4) is 0 Å². The number of hydrogen-bond donors (Lipinski definition) is 3. The van der Waals surface area contributed by atoms with Crippen LogP contribution in [-0.4, -0.2) is 21.8 Å². The number of hydrogen-bond acceptors (Lipinski definition) is 3. The molecule has 2 heterocycles. The molecule has 0 bridgehead atoms. The standard InChI is InChI=1S/C16H14N4O2/c21-15(19-10-11-4-1-2-8-17-11)16(22)20-14-6-3-5-13-12(14)7-9-18-13/h1-9,18H,10H2,(H,19,21)(H,20,22). The zero-order chi connectivity index (χ0) is 15.4. The Morgan fingerprint density at radius 1 is 1.05 bits per heavy atom. The van der Waals surface area contributed by atoms with E-state index >= 15 is 0 Å². The minimum absolute atomic E-state index is 0.210. The van der Waals surface area contributed by atoms with E-state index < -0.39 is 11.8 Å². The lowest BCUT2D eigenvalue weighted by Crippen LogP contribution is -2.35. The summed E-state index contributed by atoms with van der Waals surface area (Å²) in [6, 6.07) is 12.7. The number of carbonyl (C=O) groups excluding carboxylic acids is 2. The largest absolute Gasteiger partial charge is 0.361 e. The molecule has 0 aliphatic heterocycles. The minimum Gasteiger partial charge on any atom is -0.361 e. The van der Waals surface area contributed by atoms with E-state index in [0.717, 1.165) is 10.9 Å². The van der Waals surface area contributed by atoms with E-state index in [9.17, 15) is 9.59 Å². The Hall–Kier alpha value is -3.15. The molecule has 110 valence electrons. The lowest BCUT2D eigenvalue weighted by molar-refractivity contribution is -0.136. The minimum atomic E-state index is -0.704. The first-order valence-corrected chi connectivity index (χ1v) is 6.79. The summed E-state index contributed by atoms with van der Waals surface area (Å²) in [6.45, 7) is 0.210. The second-order valence-corrected chi connectivity index (χ2v) is 4.70. The quantitative estimate of drug-likeness (QED) is 0.644. The first-order valence-electron chi connectivity index (χ1n) is 6.79. The number of nitrogens with zero attached hydrogens (tertiary/aromatic N) is 1. The molecule has 0 atom stereocenters. The molecule has 2 amide bonds.